The molecule has 11 heavy (non-hydrogen) atoms. The molecule has 4 nitrogen and oxygen atoms in total. The van der Waals surface area contributed by atoms with Crippen LogP contribution in [-0.4, -0.2) is 28.7 Å². The van der Waals surface area contributed by atoms with Gasteiger partial charge < -0.3 is 4.74 Å². The number of halogens is 1. The Morgan fingerprint density at radius 3 is 3.09 bits per heavy atom. The standard InChI is InChI=1S/C6H10BrN3O/c1-11-3-2-10-5-6(4-7)8-9-10/h5H,2-4H2,1H3. The second kappa shape index (κ2) is 4.46. The average Bonchev–Trinajstić information content (AvgIpc) is 2.48. The molecular formula is C6H10BrN3O. The van der Waals surface area contributed by atoms with Gasteiger partial charge in [0.05, 0.1) is 18.8 Å². The van der Waals surface area contributed by atoms with Gasteiger partial charge >= 0.3 is 0 Å². The molecule has 0 aromatic carbocycles. The first-order chi connectivity index (χ1) is 5.36. The van der Waals surface area contributed by atoms with Crippen molar-refractivity contribution >= 4 is 15.9 Å². The first-order valence-electron chi connectivity index (χ1n) is 3.30. The van der Waals surface area contributed by atoms with Gasteiger partial charge in [0.15, 0.2) is 0 Å². The Morgan fingerprint density at radius 1 is 1.73 bits per heavy atom. The summed E-state index contributed by atoms with van der Waals surface area (Å²) < 4.78 is 6.65. The van der Waals surface area contributed by atoms with E-state index in [1.165, 1.54) is 0 Å². The molecule has 5 heteroatoms. The minimum absolute atomic E-state index is 0.672. The maximum absolute atomic E-state index is 4.89. The van der Waals surface area contributed by atoms with Gasteiger partial charge in [-0.2, -0.15) is 0 Å². The zero-order valence-corrected chi connectivity index (χ0v) is 7.91. The predicted molar refractivity (Wildman–Crippen MR) is 44.5 cm³/mol. The molecule has 1 rings (SSSR count). The van der Waals surface area contributed by atoms with Crippen molar-refractivity contribution in [2.24, 2.45) is 0 Å². The lowest BCUT2D eigenvalue weighted by molar-refractivity contribution is 0.183. The highest BCUT2D eigenvalue weighted by molar-refractivity contribution is 9.08. The van der Waals surface area contributed by atoms with E-state index in [-0.39, 0.29) is 0 Å². The summed E-state index contributed by atoms with van der Waals surface area (Å²) in [6.45, 7) is 1.43. The topological polar surface area (TPSA) is 39.9 Å². The van der Waals surface area contributed by atoms with Gasteiger partial charge in [0, 0.05) is 18.6 Å². The molecular weight excluding hydrogens is 210 g/mol. The summed E-state index contributed by atoms with van der Waals surface area (Å²) in [5, 5.41) is 8.53. The zero-order valence-electron chi connectivity index (χ0n) is 6.33. The van der Waals surface area contributed by atoms with Crippen molar-refractivity contribution in [3.63, 3.8) is 0 Å². The molecule has 0 bridgehead atoms. The summed E-state index contributed by atoms with van der Waals surface area (Å²) in [5.74, 6) is 0. The van der Waals surface area contributed by atoms with Gasteiger partial charge in [-0.3, -0.25) is 0 Å². The van der Waals surface area contributed by atoms with Gasteiger partial charge in [-0.15, -0.1) is 5.10 Å². The smallest absolute Gasteiger partial charge is 0.0932 e. The summed E-state index contributed by atoms with van der Waals surface area (Å²) in [4.78, 5) is 0. The molecule has 0 saturated heterocycles. The van der Waals surface area contributed by atoms with Crippen LogP contribution in [0.4, 0.5) is 0 Å². The molecule has 0 spiro atoms. The minimum atomic E-state index is 0.672. The van der Waals surface area contributed by atoms with Gasteiger partial charge in [-0.25, -0.2) is 4.68 Å². The van der Waals surface area contributed by atoms with Crippen molar-refractivity contribution < 1.29 is 4.74 Å². The van der Waals surface area contributed by atoms with E-state index in [4.69, 9.17) is 4.74 Å². The van der Waals surface area contributed by atoms with Crippen LogP contribution >= 0.6 is 15.9 Å². The Morgan fingerprint density at radius 2 is 2.55 bits per heavy atom. The third-order valence-corrected chi connectivity index (χ3v) is 1.82. The Bertz CT molecular complexity index is 213. The van der Waals surface area contributed by atoms with Crippen molar-refractivity contribution in [2.75, 3.05) is 13.7 Å². The number of alkyl halides is 1. The Balaban J connectivity index is 2.44. The van der Waals surface area contributed by atoms with Crippen LogP contribution in [0.15, 0.2) is 6.20 Å². The number of ether oxygens (including phenoxy) is 1. The van der Waals surface area contributed by atoms with E-state index in [1.54, 1.807) is 11.8 Å². The monoisotopic (exact) mass is 219 g/mol. The van der Waals surface area contributed by atoms with E-state index >= 15 is 0 Å². The number of aromatic nitrogens is 3. The van der Waals surface area contributed by atoms with E-state index < -0.39 is 0 Å². The molecule has 0 radical (unpaired) electrons. The molecule has 1 aromatic heterocycles. The molecule has 1 aromatic rings. The minimum Gasteiger partial charge on any atom is -0.383 e. The van der Waals surface area contributed by atoms with Crippen molar-refractivity contribution in [3.8, 4) is 0 Å². The average molecular weight is 220 g/mol. The first-order valence-corrected chi connectivity index (χ1v) is 4.43. The number of nitrogens with zero attached hydrogens (tertiary/aromatic N) is 3. The number of hydrogen-bond donors (Lipinski definition) is 0. The van der Waals surface area contributed by atoms with Crippen LogP contribution in [0.1, 0.15) is 5.69 Å². The molecule has 62 valence electrons. The molecule has 0 amide bonds. The van der Waals surface area contributed by atoms with Crippen molar-refractivity contribution in [2.45, 2.75) is 11.9 Å². The van der Waals surface area contributed by atoms with E-state index in [2.05, 4.69) is 26.2 Å². The lowest BCUT2D eigenvalue weighted by Gasteiger charge is -1.96. The Hall–Kier alpha value is -0.420. The van der Waals surface area contributed by atoms with Crippen LogP contribution in [0.5, 0.6) is 0 Å². The normalized spacial score (nSPS) is 10.4. The number of hydrogen-bond acceptors (Lipinski definition) is 3. The van der Waals surface area contributed by atoms with Crippen molar-refractivity contribution in [3.05, 3.63) is 11.9 Å². The van der Waals surface area contributed by atoms with Gasteiger partial charge in [0.25, 0.3) is 0 Å². The van der Waals surface area contributed by atoms with Gasteiger partial charge in [-0.05, 0) is 0 Å². The second-order valence-electron chi connectivity index (χ2n) is 2.10. The molecule has 0 N–H and O–H groups in total. The fraction of sp³-hybridized carbons (Fsp3) is 0.667. The van der Waals surface area contributed by atoms with Gasteiger partial charge in [0.1, 0.15) is 0 Å². The summed E-state index contributed by atoms with van der Waals surface area (Å²) in [5.41, 5.74) is 0.945. The zero-order chi connectivity index (χ0) is 8.10. The maximum Gasteiger partial charge on any atom is 0.0932 e. The van der Waals surface area contributed by atoms with Gasteiger partial charge in [-0.1, -0.05) is 21.1 Å². The molecule has 0 fully saturated rings. The highest BCUT2D eigenvalue weighted by atomic mass is 79.9. The molecule has 0 saturated carbocycles. The SMILES string of the molecule is COCCn1cc(CBr)nn1. The summed E-state index contributed by atoms with van der Waals surface area (Å²) in [6, 6.07) is 0. The van der Waals surface area contributed by atoms with Crippen LogP contribution in [0.3, 0.4) is 0 Å². The van der Waals surface area contributed by atoms with Crippen LogP contribution in [0.2, 0.25) is 0 Å². The highest BCUT2D eigenvalue weighted by Gasteiger charge is 1.96. The molecule has 0 aliphatic heterocycles. The third kappa shape index (κ3) is 2.59. The van der Waals surface area contributed by atoms with Crippen molar-refractivity contribution in [1.29, 1.82) is 0 Å². The lowest BCUT2D eigenvalue weighted by Crippen LogP contribution is -2.04. The molecule has 1 heterocycles. The number of rotatable bonds is 4. The maximum atomic E-state index is 4.89. The Labute approximate surface area is 73.7 Å². The van der Waals surface area contributed by atoms with E-state index in [0.29, 0.717) is 6.61 Å². The van der Waals surface area contributed by atoms with E-state index in [9.17, 15) is 0 Å². The molecule has 0 aliphatic rings. The largest absolute Gasteiger partial charge is 0.383 e. The summed E-state index contributed by atoms with van der Waals surface area (Å²) in [6.07, 6.45) is 1.90. The van der Waals surface area contributed by atoms with Crippen LogP contribution < -0.4 is 0 Å². The fourth-order valence-corrected chi connectivity index (χ4v) is 0.951. The van der Waals surface area contributed by atoms with Crippen LogP contribution in [0, 0.1) is 0 Å². The highest BCUT2D eigenvalue weighted by Crippen LogP contribution is 1.98. The summed E-state index contributed by atoms with van der Waals surface area (Å²) in [7, 11) is 1.67. The van der Waals surface area contributed by atoms with E-state index in [1.807, 2.05) is 6.20 Å². The van der Waals surface area contributed by atoms with Crippen molar-refractivity contribution in [1.82, 2.24) is 15.0 Å². The molecule has 0 atom stereocenters. The Kier molecular flexibility index (Phi) is 3.51. The quantitative estimate of drug-likeness (QED) is 0.705. The number of methoxy groups -OCH3 is 1. The first kappa shape index (κ1) is 8.67. The third-order valence-electron chi connectivity index (χ3n) is 1.25. The van der Waals surface area contributed by atoms with Crippen LogP contribution in [-0.2, 0) is 16.6 Å². The molecule has 0 aliphatic carbocycles. The summed E-state index contributed by atoms with van der Waals surface area (Å²) >= 11 is 3.29. The van der Waals surface area contributed by atoms with Gasteiger partial charge in [0.2, 0.25) is 0 Å². The predicted octanol–water partition coefficient (Wildman–Crippen LogP) is 0.819. The van der Waals surface area contributed by atoms with E-state index in [0.717, 1.165) is 17.6 Å². The molecule has 0 unspecified atom stereocenters. The second-order valence-corrected chi connectivity index (χ2v) is 2.66. The lowest BCUT2D eigenvalue weighted by atomic mass is 10.5. The fourth-order valence-electron chi connectivity index (χ4n) is 0.694. The van der Waals surface area contributed by atoms with Crippen LogP contribution in [0.25, 0.3) is 0 Å².